The number of aryl methyl sites for hydroxylation is 2. The Kier molecular flexibility index (Phi) is 3.31. The third-order valence-electron chi connectivity index (χ3n) is 4.54. The van der Waals surface area contributed by atoms with E-state index in [0.717, 1.165) is 28.2 Å². The van der Waals surface area contributed by atoms with Crippen molar-refractivity contribution in [3.05, 3.63) is 39.4 Å². The molecule has 2 aromatic heterocycles. The molecule has 0 saturated carbocycles. The molecule has 1 atom stereocenters. The molecule has 7 nitrogen and oxygen atoms in total. The minimum atomic E-state index is -1.03. The van der Waals surface area contributed by atoms with Gasteiger partial charge < -0.3 is 9.84 Å². The van der Waals surface area contributed by atoms with Gasteiger partial charge in [-0.05, 0) is 37.6 Å². The number of aromatic nitrogens is 1. The number of rotatable bonds is 3. The van der Waals surface area contributed by atoms with Crippen molar-refractivity contribution in [2.45, 2.75) is 31.7 Å². The molecule has 0 unspecified atom stereocenters. The van der Waals surface area contributed by atoms with Gasteiger partial charge in [0.25, 0.3) is 5.91 Å². The van der Waals surface area contributed by atoms with Gasteiger partial charge in [-0.25, -0.2) is 4.79 Å². The molecule has 2 aromatic rings. The number of ketones is 1. The fraction of sp³-hybridized carbons (Fsp3) is 0.375. The number of carbonyl (C=O) groups is 3. The lowest BCUT2D eigenvalue weighted by atomic mass is 9.80. The first-order valence-electron chi connectivity index (χ1n) is 7.69. The van der Waals surface area contributed by atoms with E-state index in [4.69, 9.17) is 4.52 Å². The van der Waals surface area contributed by atoms with Crippen molar-refractivity contribution >= 4 is 29.1 Å². The van der Waals surface area contributed by atoms with Crippen LogP contribution in [-0.4, -0.2) is 34.3 Å². The van der Waals surface area contributed by atoms with Crippen molar-refractivity contribution in [3.8, 4) is 0 Å². The number of amides is 3. The molecule has 1 N–H and O–H groups in total. The van der Waals surface area contributed by atoms with E-state index >= 15 is 0 Å². The minimum Gasteiger partial charge on any atom is -0.353 e. The van der Waals surface area contributed by atoms with Crippen molar-refractivity contribution in [1.82, 2.24) is 15.4 Å². The third kappa shape index (κ3) is 2.10. The van der Waals surface area contributed by atoms with Gasteiger partial charge in [-0.3, -0.25) is 14.5 Å². The Morgan fingerprint density at radius 3 is 3.08 bits per heavy atom. The van der Waals surface area contributed by atoms with Crippen LogP contribution in [0.3, 0.4) is 0 Å². The van der Waals surface area contributed by atoms with E-state index in [1.54, 1.807) is 18.3 Å². The highest BCUT2D eigenvalue weighted by Gasteiger charge is 2.54. The van der Waals surface area contributed by atoms with Crippen LogP contribution in [0, 0.1) is 6.92 Å². The fourth-order valence-electron chi connectivity index (χ4n) is 3.40. The highest BCUT2D eigenvalue weighted by molar-refractivity contribution is 7.10. The van der Waals surface area contributed by atoms with Crippen LogP contribution in [0.4, 0.5) is 4.79 Å². The second-order valence-corrected chi connectivity index (χ2v) is 7.09. The summed E-state index contributed by atoms with van der Waals surface area (Å²) < 4.78 is 4.92. The van der Waals surface area contributed by atoms with E-state index in [9.17, 15) is 14.4 Å². The number of fused-ring (bicyclic) bond motifs is 2. The van der Waals surface area contributed by atoms with Crippen LogP contribution < -0.4 is 5.32 Å². The summed E-state index contributed by atoms with van der Waals surface area (Å²) in [7, 11) is 0. The SMILES string of the molecule is Cc1cc(C(=O)CN2C(=O)N[C@]3(CCCc4sccc43)C2=O)on1. The van der Waals surface area contributed by atoms with Crippen LogP contribution >= 0.6 is 11.3 Å². The molecular formula is C16H15N3O4S. The first kappa shape index (κ1) is 15.1. The Balaban J connectivity index is 1.62. The van der Waals surface area contributed by atoms with Crippen LogP contribution in [0.5, 0.6) is 0 Å². The van der Waals surface area contributed by atoms with Crippen molar-refractivity contribution in [2.24, 2.45) is 0 Å². The molecule has 24 heavy (non-hydrogen) atoms. The average Bonchev–Trinajstić information content (AvgIpc) is 3.24. The summed E-state index contributed by atoms with van der Waals surface area (Å²) >= 11 is 1.59. The predicted molar refractivity (Wildman–Crippen MR) is 84.8 cm³/mol. The lowest BCUT2D eigenvalue weighted by Crippen LogP contribution is -2.46. The van der Waals surface area contributed by atoms with Gasteiger partial charge in [0.15, 0.2) is 0 Å². The number of carbonyl (C=O) groups excluding carboxylic acids is 3. The van der Waals surface area contributed by atoms with E-state index in [1.165, 1.54) is 6.07 Å². The number of thiophene rings is 1. The van der Waals surface area contributed by atoms with Crippen molar-refractivity contribution in [1.29, 1.82) is 0 Å². The Bertz CT molecular complexity index is 855. The normalized spacial score (nSPS) is 22.8. The number of imide groups is 1. The first-order valence-corrected chi connectivity index (χ1v) is 8.57. The van der Waals surface area contributed by atoms with Crippen LogP contribution in [0.1, 0.15) is 39.5 Å². The molecule has 1 spiro atoms. The second kappa shape index (κ2) is 5.27. The van der Waals surface area contributed by atoms with Crippen molar-refractivity contribution in [3.63, 3.8) is 0 Å². The summed E-state index contributed by atoms with van der Waals surface area (Å²) in [5, 5.41) is 8.41. The van der Waals surface area contributed by atoms with Crippen LogP contribution in [0.25, 0.3) is 0 Å². The smallest absolute Gasteiger partial charge is 0.325 e. The molecule has 1 saturated heterocycles. The van der Waals surface area contributed by atoms with Crippen LogP contribution in [0.2, 0.25) is 0 Å². The topological polar surface area (TPSA) is 92.5 Å². The molecule has 4 rings (SSSR count). The van der Waals surface area contributed by atoms with E-state index in [0.29, 0.717) is 12.1 Å². The Morgan fingerprint density at radius 1 is 1.50 bits per heavy atom. The number of Topliss-reactive ketones (excluding diaryl/α,β-unsaturated/α-hetero) is 1. The van der Waals surface area contributed by atoms with Crippen molar-refractivity contribution in [2.75, 3.05) is 6.54 Å². The Labute approximate surface area is 141 Å². The standard InChI is InChI=1S/C16H15N3O4S/c1-9-7-12(23-18-9)11(20)8-19-14(21)16(17-15(19)22)5-2-3-13-10(16)4-6-24-13/h4,6-7H,2-3,5,8H2,1H3,(H,17,22)/t16-/m0/s1. The average molecular weight is 345 g/mol. The molecular weight excluding hydrogens is 330 g/mol. The van der Waals surface area contributed by atoms with E-state index in [2.05, 4.69) is 10.5 Å². The van der Waals surface area contributed by atoms with Gasteiger partial charge >= 0.3 is 6.03 Å². The molecule has 3 amide bonds. The lowest BCUT2D eigenvalue weighted by molar-refractivity contribution is -0.131. The van der Waals surface area contributed by atoms with Crippen molar-refractivity contribution < 1.29 is 18.9 Å². The zero-order chi connectivity index (χ0) is 16.9. The van der Waals surface area contributed by atoms with Gasteiger partial charge in [0.1, 0.15) is 5.54 Å². The van der Waals surface area contributed by atoms with E-state index in [-0.39, 0.29) is 18.2 Å². The molecule has 0 aromatic carbocycles. The zero-order valence-electron chi connectivity index (χ0n) is 13.0. The molecule has 1 fully saturated rings. The molecule has 1 aliphatic heterocycles. The summed E-state index contributed by atoms with van der Waals surface area (Å²) in [4.78, 5) is 39.7. The van der Waals surface area contributed by atoms with Gasteiger partial charge in [-0.15, -0.1) is 11.3 Å². The van der Waals surface area contributed by atoms with E-state index < -0.39 is 17.4 Å². The number of nitrogens with one attached hydrogen (secondary N) is 1. The largest absolute Gasteiger partial charge is 0.353 e. The summed E-state index contributed by atoms with van der Waals surface area (Å²) in [6.45, 7) is 1.35. The number of hydrogen-bond donors (Lipinski definition) is 1. The van der Waals surface area contributed by atoms with Gasteiger partial charge in [0.05, 0.1) is 12.2 Å². The van der Waals surface area contributed by atoms with Gasteiger partial charge in [-0.1, -0.05) is 5.16 Å². The summed E-state index contributed by atoms with van der Waals surface area (Å²) in [6, 6.07) is 2.85. The van der Waals surface area contributed by atoms with Crippen LogP contribution in [0.15, 0.2) is 22.0 Å². The van der Waals surface area contributed by atoms with Crippen LogP contribution in [-0.2, 0) is 16.8 Å². The molecule has 2 aliphatic rings. The molecule has 1 aliphatic carbocycles. The number of urea groups is 1. The Hall–Kier alpha value is -2.48. The third-order valence-corrected chi connectivity index (χ3v) is 5.52. The molecule has 0 radical (unpaired) electrons. The maximum absolute atomic E-state index is 13.0. The number of nitrogens with zero attached hydrogens (tertiary/aromatic N) is 2. The Morgan fingerprint density at radius 2 is 2.33 bits per heavy atom. The monoisotopic (exact) mass is 345 g/mol. The van der Waals surface area contributed by atoms with E-state index in [1.807, 2.05) is 11.4 Å². The lowest BCUT2D eigenvalue weighted by Gasteiger charge is -2.31. The minimum absolute atomic E-state index is 0.0499. The highest BCUT2D eigenvalue weighted by atomic mass is 32.1. The predicted octanol–water partition coefficient (Wildman–Crippen LogP) is 2.01. The first-order chi connectivity index (χ1) is 11.5. The second-order valence-electron chi connectivity index (χ2n) is 6.09. The molecule has 8 heteroatoms. The van der Waals surface area contributed by atoms with Gasteiger partial charge in [0, 0.05) is 16.5 Å². The zero-order valence-corrected chi connectivity index (χ0v) is 13.8. The fourth-order valence-corrected chi connectivity index (χ4v) is 4.40. The molecule has 3 heterocycles. The van der Waals surface area contributed by atoms with Gasteiger partial charge in [-0.2, -0.15) is 0 Å². The maximum Gasteiger partial charge on any atom is 0.325 e. The quantitative estimate of drug-likeness (QED) is 0.678. The highest BCUT2D eigenvalue weighted by Crippen LogP contribution is 2.42. The molecule has 0 bridgehead atoms. The maximum atomic E-state index is 13.0. The summed E-state index contributed by atoms with van der Waals surface area (Å²) in [5.74, 6) is -0.761. The summed E-state index contributed by atoms with van der Waals surface area (Å²) in [6.07, 6.45) is 2.28. The number of hydrogen-bond acceptors (Lipinski definition) is 6. The summed E-state index contributed by atoms with van der Waals surface area (Å²) in [5.41, 5.74) is 0.409. The molecule has 124 valence electrons. The van der Waals surface area contributed by atoms with Gasteiger partial charge in [0.2, 0.25) is 11.5 Å².